The van der Waals surface area contributed by atoms with Crippen molar-refractivity contribution in [3.8, 4) is 0 Å². The monoisotopic (exact) mass is 171 g/mol. The fourth-order valence-electron chi connectivity index (χ4n) is 1.61. The molecule has 0 aromatic heterocycles. The van der Waals surface area contributed by atoms with Gasteiger partial charge in [-0.1, -0.05) is 0 Å². The number of ether oxygens (including phenoxy) is 1. The summed E-state index contributed by atoms with van der Waals surface area (Å²) < 4.78 is 5.38. The van der Waals surface area contributed by atoms with E-state index < -0.39 is 0 Å². The second-order valence-corrected chi connectivity index (χ2v) is 3.80. The van der Waals surface area contributed by atoms with Gasteiger partial charge >= 0.3 is 0 Å². The van der Waals surface area contributed by atoms with E-state index in [-0.39, 0.29) is 12.2 Å². The zero-order valence-electron chi connectivity index (χ0n) is 7.33. The standard InChI is InChI=1S/C9H17NO2/c11-8(6-10-7-3-4-7)9-2-1-5-12-9/h7-11H,1-6H2. The lowest BCUT2D eigenvalue weighted by atomic mass is 10.1. The van der Waals surface area contributed by atoms with Gasteiger partial charge in [0.05, 0.1) is 12.2 Å². The molecule has 2 unspecified atom stereocenters. The summed E-state index contributed by atoms with van der Waals surface area (Å²) in [6.45, 7) is 1.53. The molecule has 0 amide bonds. The molecular weight excluding hydrogens is 154 g/mol. The quantitative estimate of drug-likeness (QED) is 0.638. The maximum atomic E-state index is 9.64. The number of aliphatic hydroxyl groups is 1. The molecule has 0 spiro atoms. The van der Waals surface area contributed by atoms with Crippen molar-refractivity contribution in [2.24, 2.45) is 0 Å². The smallest absolute Gasteiger partial charge is 0.0925 e. The highest BCUT2D eigenvalue weighted by Gasteiger charge is 2.26. The van der Waals surface area contributed by atoms with Crippen LogP contribution in [-0.4, -0.2) is 36.5 Å². The molecule has 12 heavy (non-hydrogen) atoms. The third-order valence-corrected chi connectivity index (χ3v) is 2.59. The van der Waals surface area contributed by atoms with Crippen LogP contribution in [-0.2, 0) is 4.74 Å². The van der Waals surface area contributed by atoms with Crippen molar-refractivity contribution in [1.29, 1.82) is 0 Å². The van der Waals surface area contributed by atoms with Gasteiger partial charge in [-0.05, 0) is 25.7 Å². The molecule has 0 bridgehead atoms. The van der Waals surface area contributed by atoms with Crippen LogP contribution in [0, 0.1) is 0 Å². The normalized spacial score (nSPS) is 32.2. The van der Waals surface area contributed by atoms with Crippen LogP contribution in [0.2, 0.25) is 0 Å². The molecule has 1 saturated carbocycles. The highest BCUT2D eigenvalue weighted by Crippen LogP contribution is 2.20. The van der Waals surface area contributed by atoms with Crippen molar-refractivity contribution in [3.05, 3.63) is 0 Å². The molecule has 1 aliphatic heterocycles. The molecule has 3 nitrogen and oxygen atoms in total. The summed E-state index contributed by atoms with van der Waals surface area (Å²) in [4.78, 5) is 0. The minimum absolute atomic E-state index is 0.0937. The van der Waals surface area contributed by atoms with E-state index in [2.05, 4.69) is 5.32 Å². The van der Waals surface area contributed by atoms with Gasteiger partial charge < -0.3 is 15.2 Å². The van der Waals surface area contributed by atoms with Crippen LogP contribution >= 0.6 is 0 Å². The lowest BCUT2D eigenvalue weighted by Gasteiger charge is -2.17. The fraction of sp³-hybridized carbons (Fsp3) is 1.00. The van der Waals surface area contributed by atoms with Gasteiger partial charge in [-0.25, -0.2) is 0 Å². The predicted molar refractivity (Wildman–Crippen MR) is 46.0 cm³/mol. The molecule has 70 valence electrons. The second-order valence-electron chi connectivity index (χ2n) is 3.80. The summed E-state index contributed by atoms with van der Waals surface area (Å²) in [7, 11) is 0. The summed E-state index contributed by atoms with van der Waals surface area (Å²) in [6.07, 6.45) is 4.47. The van der Waals surface area contributed by atoms with Gasteiger partial charge in [0.1, 0.15) is 0 Å². The van der Waals surface area contributed by atoms with E-state index in [4.69, 9.17) is 4.74 Å². The van der Waals surface area contributed by atoms with E-state index >= 15 is 0 Å². The molecule has 2 rings (SSSR count). The van der Waals surface area contributed by atoms with Crippen molar-refractivity contribution >= 4 is 0 Å². The summed E-state index contributed by atoms with van der Waals surface area (Å²) in [5.74, 6) is 0. The van der Waals surface area contributed by atoms with Crippen LogP contribution in [0.4, 0.5) is 0 Å². The molecule has 3 heteroatoms. The molecule has 1 heterocycles. The first kappa shape index (κ1) is 8.48. The van der Waals surface area contributed by atoms with Crippen molar-refractivity contribution in [2.45, 2.75) is 43.9 Å². The SMILES string of the molecule is OC(CNC1CC1)C1CCCO1. The fourth-order valence-corrected chi connectivity index (χ4v) is 1.61. The van der Waals surface area contributed by atoms with E-state index in [0.29, 0.717) is 12.6 Å². The topological polar surface area (TPSA) is 41.5 Å². The predicted octanol–water partition coefficient (Wildman–Crippen LogP) is 0.278. The molecule has 1 aliphatic carbocycles. The van der Waals surface area contributed by atoms with Gasteiger partial charge in [0.25, 0.3) is 0 Å². The Bertz CT molecular complexity index is 141. The van der Waals surface area contributed by atoms with Crippen LogP contribution in [0.3, 0.4) is 0 Å². The Labute approximate surface area is 73.1 Å². The van der Waals surface area contributed by atoms with Crippen molar-refractivity contribution < 1.29 is 9.84 Å². The molecule has 2 aliphatic rings. The Hall–Kier alpha value is -0.120. The molecule has 1 saturated heterocycles. The molecule has 0 aromatic rings. The molecule has 0 radical (unpaired) electrons. The van der Waals surface area contributed by atoms with Gasteiger partial charge in [0, 0.05) is 19.2 Å². The van der Waals surface area contributed by atoms with Crippen LogP contribution in [0.25, 0.3) is 0 Å². The number of aliphatic hydroxyl groups excluding tert-OH is 1. The van der Waals surface area contributed by atoms with Crippen LogP contribution in [0.5, 0.6) is 0 Å². The van der Waals surface area contributed by atoms with E-state index in [1.165, 1.54) is 12.8 Å². The number of hydrogen-bond acceptors (Lipinski definition) is 3. The average molecular weight is 171 g/mol. The Balaban J connectivity index is 1.64. The highest BCUT2D eigenvalue weighted by molar-refractivity contribution is 4.84. The lowest BCUT2D eigenvalue weighted by Crippen LogP contribution is -2.36. The summed E-state index contributed by atoms with van der Waals surface area (Å²) in [5, 5.41) is 12.9. The molecule has 2 N–H and O–H groups in total. The number of rotatable bonds is 4. The lowest BCUT2D eigenvalue weighted by molar-refractivity contribution is -0.000606. The molecule has 2 atom stereocenters. The maximum absolute atomic E-state index is 9.64. The molecule has 0 aromatic carbocycles. The largest absolute Gasteiger partial charge is 0.389 e. The van der Waals surface area contributed by atoms with Gasteiger partial charge in [0.15, 0.2) is 0 Å². The van der Waals surface area contributed by atoms with E-state index in [1.54, 1.807) is 0 Å². The Kier molecular flexibility index (Phi) is 2.63. The summed E-state index contributed by atoms with van der Waals surface area (Å²) in [5.41, 5.74) is 0. The second kappa shape index (κ2) is 3.73. The minimum Gasteiger partial charge on any atom is -0.389 e. The van der Waals surface area contributed by atoms with Crippen molar-refractivity contribution in [2.75, 3.05) is 13.2 Å². The Morgan fingerprint density at radius 2 is 2.25 bits per heavy atom. The number of nitrogens with one attached hydrogen (secondary N) is 1. The van der Waals surface area contributed by atoms with Gasteiger partial charge in [-0.2, -0.15) is 0 Å². The molecule has 2 fully saturated rings. The zero-order chi connectivity index (χ0) is 8.39. The van der Waals surface area contributed by atoms with E-state index in [1.807, 2.05) is 0 Å². The van der Waals surface area contributed by atoms with Crippen LogP contribution < -0.4 is 5.32 Å². The van der Waals surface area contributed by atoms with Crippen molar-refractivity contribution in [3.63, 3.8) is 0 Å². The Morgan fingerprint density at radius 3 is 2.83 bits per heavy atom. The number of hydrogen-bond donors (Lipinski definition) is 2. The van der Waals surface area contributed by atoms with Crippen LogP contribution in [0.15, 0.2) is 0 Å². The molecular formula is C9H17NO2. The average Bonchev–Trinajstić information content (AvgIpc) is 2.74. The highest BCUT2D eigenvalue weighted by atomic mass is 16.5. The van der Waals surface area contributed by atoms with E-state index in [9.17, 15) is 5.11 Å². The maximum Gasteiger partial charge on any atom is 0.0925 e. The summed E-state index contributed by atoms with van der Waals surface area (Å²) in [6, 6.07) is 0.682. The van der Waals surface area contributed by atoms with Gasteiger partial charge in [-0.15, -0.1) is 0 Å². The zero-order valence-corrected chi connectivity index (χ0v) is 7.33. The summed E-state index contributed by atoms with van der Waals surface area (Å²) >= 11 is 0. The third-order valence-electron chi connectivity index (χ3n) is 2.59. The first-order chi connectivity index (χ1) is 5.86. The van der Waals surface area contributed by atoms with Crippen LogP contribution in [0.1, 0.15) is 25.7 Å². The van der Waals surface area contributed by atoms with Gasteiger partial charge in [0.2, 0.25) is 0 Å². The Morgan fingerprint density at radius 1 is 1.42 bits per heavy atom. The first-order valence-corrected chi connectivity index (χ1v) is 4.89. The third kappa shape index (κ3) is 2.19. The van der Waals surface area contributed by atoms with Gasteiger partial charge in [-0.3, -0.25) is 0 Å². The van der Waals surface area contributed by atoms with Crippen molar-refractivity contribution in [1.82, 2.24) is 5.32 Å². The first-order valence-electron chi connectivity index (χ1n) is 4.89. The van der Waals surface area contributed by atoms with E-state index in [0.717, 1.165) is 19.4 Å². The minimum atomic E-state index is -0.298.